The maximum Gasteiger partial charge on any atom is 0.134 e. The highest BCUT2D eigenvalue weighted by molar-refractivity contribution is 6.28. The molecule has 0 bridgehead atoms. The number of nitrogens with zero attached hydrogens (tertiary/aromatic N) is 2. The SMILES string of the molecule is C=C/C(=C\c1c(C)oc2ccccc12)c1cccc(-n2c3ccccc3c3c4c5ccccc5n(CC)c4ccc32)c1. The summed E-state index contributed by atoms with van der Waals surface area (Å²) in [5.74, 6) is 0.907. The second kappa shape index (κ2) is 9.39. The maximum atomic E-state index is 6.05. The van der Waals surface area contributed by atoms with Gasteiger partial charge in [-0.3, -0.25) is 0 Å². The first-order valence-corrected chi connectivity index (χ1v) is 14.5. The number of furan rings is 1. The number of fused-ring (bicyclic) bond motifs is 8. The van der Waals surface area contributed by atoms with Gasteiger partial charge in [-0.25, -0.2) is 0 Å². The Bertz CT molecular complexity index is 2370. The monoisotopic (exact) mass is 542 g/mol. The van der Waals surface area contributed by atoms with Crippen molar-refractivity contribution in [1.29, 1.82) is 0 Å². The van der Waals surface area contributed by atoms with Crippen LogP contribution in [-0.2, 0) is 6.54 Å². The van der Waals surface area contributed by atoms with Gasteiger partial charge in [0.2, 0.25) is 0 Å². The molecule has 0 aliphatic rings. The standard InChI is InChI=1S/C39H30N2O/c1-4-26(24-32-25(3)42-37-20-11-8-15-29(32)37)27-13-12-14-28(23-27)41-34-19-10-7-17-31(34)39-36(41)22-21-35-38(39)30-16-6-9-18-33(30)40(35)5-2/h4,6-24H,1,5H2,2-3H3/b26-24+. The lowest BCUT2D eigenvalue weighted by atomic mass is 10.0. The normalized spacial score (nSPS) is 12.4. The molecule has 3 heteroatoms. The van der Waals surface area contributed by atoms with Gasteiger partial charge in [-0.05, 0) is 73.5 Å². The third-order valence-corrected chi connectivity index (χ3v) is 8.66. The molecule has 0 spiro atoms. The van der Waals surface area contributed by atoms with Crippen molar-refractivity contribution < 1.29 is 4.42 Å². The fourth-order valence-electron chi connectivity index (χ4n) is 6.82. The van der Waals surface area contributed by atoms with E-state index in [9.17, 15) is 0 Å². The third-order valence-electron chi connectivity index (χ3n) is 8.66. The van der Waals surface area contributed by atoms with E-state index in [4.69, 9.17) is 4.42 Å². The van der Waals surface area contributed by atoms with Crippen LogP contribution in [0.1, 0.15) is 23.8 Å². The van der Waals surface area contributed by atoms with Crippen LogP contribution >= 0.6 is 0 Å². The molecule has 0 N–H and O–H groups in total. The van der Waals surface area contributed by atoms with Crippen molar-refractivity contribution in [3.05, 3.63) is 139 Å². The van der Waals surface area contributed by atoms with Crippen LogP contribution in [0.3, 0.4) is 0 Å². The van der Waals surface area contributed by atoms with Gasteiger partial charge in [-0.2, -0.15) is 0 Å². The number of hydrogen-bond acceptors (Lipinski definition) is 1. The first kappa shape index (κ1) is 24.5. The van der Waals surface area contributed by atoms with Crippen LogP contribution in [0.25, 0.3) is 71.9 Å². The number of benzene rings is 5. The molecule has 5 aromatic carbocycles. The molecule has 8 rings (SSSR count). The lowest BCUT2D eigenvalue weighted by molar-refractivity contribution is 0.577. The summed E-state index contributed by atoms with van der Waals surface area (Å²) in [7, 11) is 0. The van der Waals surface area contributed by atoms with Crippen molar-refractivity contribution in [1.82, 2.24) is 9.13 Å². The average Bonchev–Trinajstić information content (AvgIpc) is 3.66. The minimum Gasteiger partial charge on any atom is -0.461 e. The number of hydrogen-bond donors (Lipinski definition) is 0. The quantitative estimate of drug-likeness (QED) is 0.198. The van der Waals surface area contributed by atoms with E-state index in [1.54, 1.807) is 0 Å². The summed E-state index contributed by atoms with van der Waals surface area (Å²) in [6, 6.07) is 39.1. The molecule has 0 radical (unpaired) electrons. The Morgan fingerprint density at radius 3 is 2.17 bits per heavy atom. The zero-order valence-electron chi connectivity index (χ0n) is 23.8. The molecule has 0 amide bonds. The number of allylic oxidation sites excluding steroid dienone is 2. The van der Waals surface area contributed by atoms with E-state index in [2.05, 4.69) is 126 Å². The summed E-state index contributed by atoms with van der Waals surface area (Å²) in [5.41, 5.74) is 10.3. The van der Waals surface area contributed by atoms with E-state index in [1.165, 1.54) is 43.6 Å². The Hall–Kier alpha value is -5.28. The van der Waals surface area contributed by atoms with Gasteiger partial charge < -0.3 is 13.6 Å². The van der Waals surface area contributed by atoms with Crippen molar-refractivity contribution in [3.8, 4) is 5.69 Å². The molecule has 8 aromatic rings. The van der Waals surface area contributed by atoms with E-state index in [1.807, 2.05) is 25.1 Å². The summed E-state index contributed by atoms with van der Waals surface area (Å²) >= 11 is 0. The highest BCUT2D eigenvalue weighted by Gasteiger charge is 2.19. The fraction of sp³-hybridized carbons (Fsp3) is 0.0769. The molecule has 3 aromatic heterocycles. The van der Waals surface area contributed by atoms with Crippen LogP contribution in [0.5, 0.6) is 0 Å². The van der Waals surface area contributed by atoms with Crippen molar-refractivity contribution in [2.75, 3.05) is 0 Å². The second-order valence-electron chi connectivity index (χ2n) is 10.9. The molecular formula is C39H30N2O. The van der Waals surface area contributed by atoms with Gasteiger partial charge >= 0.3 is 0 Å². The van der Waals surface area contributed by atoms with E-state index in [0.29, 0.717) is 0 Å². The van der Waals surface area contributed by atoms with Gasteiger partial charge in [0.25, 0.3) is 0 Å². The lowest BCUT2D eigenvalue weighted by Gasteiger charge is -2.11. The fourth-order valence-corrected chi connectivity index (χ4v) is 6.82. The molecule has 0 atom stereocenters. The van der Waals surface area contributed by atoms with Crippen molar-refractivity contribution in [3.63, 3.8) is 0 Å². The number of aryl methyl sites for hydroxylation is 2. The van der Waals surface area contributed by atoms with Gasteiger partial charge in [0.1, 0.15) is 11.3 Å². The van der Waals surface area contributed by atoms with Crippen LogP contribution in [0, 0.1) is 6.92 Å². The second-order valence-corrected chi connectivity index (χ2v) is 10.9. The van der Waals surface area contributed by atoms with Crippen molar-refractivity contribution in [2.24, 2.45) is 0 Å². The smallest absolute Gasteiger partial charge is 0.134 e. The van der Waals surface area contributed by atoms with Gasteiger partial charge in [0, 0.05) is 55.8 Å². The van der Waals surface area contributed by atoms with Crippen LogP contribution in [0.4, 0.5) is 0 Å². The summed E-state index contributed by atoms with van der Waals surface area (Å²) in [6.45, 7) is 9.36. The highest BCUT2D eigenvalue weighted by atomic mass is 16.3. The Morgan fingerprint density at radius 2 is 1.38 bits per heavy atom. The molecule has 0 saturated carbocycles. The van der Waals surface area contributed by atoms with Crippen LogP contribution in [0.15, 0.2) is 126 Å². The highest BCUT2D eigenvalue weighted by Crippen LogP contribution is 2.41. The predicted octanol–water partition coefficient (Wildman–Crippen LogP) is 10.7. The molecule has 202 valence electrons. The van der Waals surface area contributed by atoms with Crippen LogP contribution in [0.2, 0.25) is 0 Å². The number of rotatable bonds is 5. The Balaban J connectivity index is 1.39. The van der Waals surface area contributed by atoms with Gasteiger partial charge in [-0.1, -0.05) is 79.4 Å². The molecule has 0 aliphatic heterocycles. The average molecular weight is 543 g/mol. The van der Waals surface area contributed by atoms with E-state index in [0.717, 1.165) is 45.7 Å². The van der Waals surface area contributed by atoms with Crippen LogP contribution in [-0.4, -0.2) is 9.13 Å². The zero-order chi connectivity index (χ0) is 28.4. The van der Waals surface area contributed by atoms with Gasteiger partial charge in [0.15, 0.2) is 0 Å². The largest absolute Gasteiger partial charge is 0.461 e. The molecule has 0 fully saturated rings. The minimum atomic E-state index is 0.902. The van der Waals surface area contributed by atoms with E-state index >= 15 is 0 Å². The van der Waals surface area contributed by atoms with Crippen LogP contribution < -0.4 is 0 Å². The summed E-state index contributed by atoms with van der Waals surface area (Å²) in [6.07, 6.45) is 4.14. The van der Waals surface area contributed by atoms with E-state index < -0.39 is 0 Å². The Morgan fingerprint density at radius 1 is 0.714 bits per heavy atom. The topological polar surface area (TPSA) is 23.0 Å². The number of aromatic nitrogens is 2. The van der Waals surface area contributed by atoms with Gasteiger partial charge in [0.05, 0.1) is 11.0 Å². The summed E-state index contributed by atoms with van der Waals surface area (Å²) in [5, 5.41) is 6.31. The van der Waals surface area contributed by atoms with Crippen molar-refractivity contribution >= 4 is 66.2 Å². The Labute approximate surface area is 244 Å². The first-order chi connectivity index (χ1) is 20.7. The maximum absolute atomic E-state index is 6.05. The lowest BCUT2D eigenvalue weighted by Crippen LogP contribution is -1.95. The summed E-state index contributed by atoms with van der Waals surface area (Å²) < 4.78 is 10.9. The predicted molar refractivity (Wildman–Crippen MR) is 178 cm³/mol. The number of para-hydroxylation sites is 3. The van der Waals surface area contributed by atoms with E-state index in [-0.39, 0.29) is 0 Å². The molecular weight excluding hydrogens is 512 g/mol. The molecule has 0 aliphatic carbocycles. The molecule has 3 nitrogen and oxygen atoms in total. The van der Waals surface area contributed by atoms with Crippen molar-refractivity contribution in [2.45, 2.75) is 20.4 Å². The summed E-state index contributed by atoms with van der Waals surface area (Å²) in [4.78, 5) is 0. The zero-order valence-corrected chi connectivity index (χ0v) is 23.8. The minimum absolute atomic E-state index is 0.902. The molecule has 42 heavy (non-hydrogen) atoms. The first-order valence-electron chi connectivity index (χ1n) is 14.5. The Kier molecular flexibility index (Phi) is 5.48. The third kappa shape index (κ3) is 3.47. The molecule has 0 unspecified atom stereocenters. The molecule has 0 saturated heterocycles. The van der Waals surface area contributed by atoms with Gasteiger partial charge in [-0.15, -0.1) is 0 Å². The molecule has 3 heterocycles.